The molecule has 1 amide bonds. The van der Waals surface area contributed by atoms with Crippen molar-refractivity contribution in [1.29, 1.82) is 0 Å². The van der Waals surface area contributed by atoms with E-state index >= 15 is 0 Å². The van der Waals surface area contributed by atoms with Gasteiger partial charge in [0, 0.05) is 12.2 Å². The Morgan fingerprint density at radius 3 is 2.61 bits per heavy atom. The van der Waals surface area contributed by atoms with Gasteiger partial charge in [-0.05, 0) is 42.9 Å². The van der Waals surface area contributed by atoms with Crippen LogP contribution in [0.1, 0.15) is 41.6 Å². The maximum atomic E-state index is 12.6. The van der Waals surface area contributed by atoms with Crippen LogP contribution in [0.3, 0.4) is 0 Å². The lowest BCUT2D eigenvalue weighted by molar-refractivity contribution is 0.0922. The number of nitrogens with one attached hydrogen (secondary N) is 1. The highest BCUT2D eigenvalue weighted by Crippen LogP contribution is 2.29. The smallest absolute Gasteiger partial charge is 0.254 e. The van der Waals surface area contributed by atoms with Crippen molar-refractivity contribution in [1.82, 2.24) is 10.3 Å². The Morgan fingerprint density at radius 2 is 1.91 bits per heavy atom. The number of hydrogen-bond acceptors (Lipinski definition) is 2. The van der Waals surface area contributed by atoms with E-state index in [2.05, 4.69) is 22.4 Å². The number of carbonyl (C=O) groups excluding carboxylic acids is 1. The molecule has 1 aliphatic rings. The Kier molecular flexibility index (Phi) is 5.29. The average molecular weight is 329 g/mol. The molecule has 1 heterocycles. The fourth-order valence-corrected chi connectivity index (χ4v) is 3.57. The molecular weight excluding hydrogens is 308 g/mol. The van der Waals surface area contributed by atoms with Crippen molar-refractivity contribution < 1.29 is 4.79 Å². The van der Waals surface area contributed by atoms with E-state index in [-0.39, 0.29) is 17.1 Å². The topological polar surface area (TPSA) is 42.0 Å². The van der Waals surface area contributed by atoms with Gasteiger partial charge in [0.2, 0.25) is 0 Å². The van der Waals surface area contributed by atoms with Crippen molar-refractivity contribution in [2.45, 2.75) is 38.1 Å². The maximum absolute atomic E-state index is 12.6. The van der Waals surface area contributed by atoms with Crippen molar-refractivity contribution in [2.24, 2.45) is 5.92 Å². The van der Waals surface area contributed by atoms with Gasteiger partial charge in [0.05, 0.1) is 5.56 Å². The predicted molar refractivity (Wildman–Crippen MR) is 92.6 cm³/mol. The Labute approximate surface area is 142 Å². The molecule has 3 rings (SSSR count). The van der Waals surface area contributed by atoms with Gasteiger partial charge in [-0.15, -0.1) is 0 Å². The second-order valence-corrected chi connectivity index (χ2v) is 6.51. The SMILES string of the molecule is O=C(NC(Cc1ccccc1)C1CCCC1)c1cccnc1Cl. The van der Waals surface area contributed by atoms with E-state index < -0.39 is 0 Å². The zero-order chi connectivity index (χ0) is 16.1. The zero-order valence-corrected chi connectivity index (χ0v) is 13.8. The van der Waals surface area contributed by atoms with Crippen molar-refractivity contribution >= 4 is 17.5 Å². The first kappa shape index (κ1) is 16.0. The maximum Gasteiger partial charge on any atom is 0.254 e. The Bertz CT molecular complexity index is 653. The molecule has 1 unspecified atom stereocenters. The zero-order valence-electron chi connectivity index (χ0n) is 13.0. The van der Waals surface area contributed by atoms with Gasteiger partial charge in [-0.2, -0.15) is 0 Å². The van der Waals surface area contributed by atoms with Gasteiger partial charge in [0.25, 0.3) is 5.91 Å². The van der Waals surface area contributed by atoms with Crippen LogP contribution in [0.25, 0.3) is 0 Å². The van der Waals surface area contributed by atoms with Crippen LogP contribution in [0, 0.1) is 5.92 Å². The number of carbonyl (C=O) groups is 1. The summed E-state index contributed by atoms with van der Waals surface area (Å²) in [6.07, 6.45) is 7.31. The first-order valence-electron chi connectivity index (χ1n) is 8.19. The van der Waals surface area contributed by atoms with E-state index in [0.29, 0.717) is 11.5 Å². The van der Waals surface area contributed by atoms with Crippen molar-refractivity contribution in [3.63, 3.8) is 0 Å². The highest BCUT2D eigenvalue weighted by atomic mass is 35.5. The van der Waals surface area contributed by atoms with Crippen LogP contribution in [0.15, 0.2) is 48.7 Å². The average Bonchev–Trinajstić information content (AvgIpc) is 3.10. The fraction of sp³-hybridized carbons (Fsp3) is 0.368. The molecule has 2 aromatic rings. The van der Waals surface area contributed by atoms with Gasteiger partial charge >= 0.3 is 0 Å². The van der Waals surface area contributed by atoms with Crippen molar-refractivity contribution in [2.75, 3.05) is 0 Å². The van der Waals surface area contributed by atoms with Crippen LogP contribution in [0.2, 0.25) is 5.15 Å². The van der Waals surface area contributed by atoms with Crippen molar-refractivity contribution in [3.05, 3.63) is 64.9 Å². The lowest BCUT2D eigenvalue weighted by Gasteiger charge is -2.25. The summed E-state index contributed by atoms with van der Waals surface area (Å²) in [6.45, 7) is 0. The largest absolute Gasteiger partial charge is 0.349 e. The minimum Gasteiger partial charge on any atom is -0.349 e. The Balaban J connectivity index is 1.75. The van der Waals surface area contributed by atoms with Gasteiger partial charge in [-0.25, -0.2) is 4.98 Å². The van der Waals surface area contributed by atoms with Crippen LogP contribution >= 0.6 is 11.6 Å². The number of hydrogen-bond donors (Lipinski definition) is 1. The van der Waals surface area contributed by atoms with Gasteiger partial charge in [0.1, 0.15) is 5.15 Å². The molecule has 4 heteroatoms. The molecule has 1 fully saturated rings. The van der Waals surface area contributed by atoms with Crippen molar-refractivity contribution in [3.8, 4) is 0 Å². The summed E-state index contributed by atoms with van der Waals surface area (Å²) in [5.41, 5.74) is 1.70. The number of amides is 1. The summed E-state index contributed by atoms with van der Waals surface area (Å²) in [5, 5.41) is 3.46. The lowest BCUT2D eigenvalue weighted by Crippen LogP contribution is -2.41. The minimum atomic E-state index is -0.129. The third-order valence-corrected chi connectivity index (χ3v) is 4.89. The van der Waals surface area contributed by atoms with E-state index in [1.165, 1.54) is 31.2 Å². The molecule has 1 aromatic heterocycles. The second kappa shape index (κ2) is 7.60. The van der Waals surface area contributed by atoms with Crippen LogP contribution < -0.4 is 5.32 Å². The molecule has 1 saturated carbocycles. The molecule has 0 spiro atoms. The van der Waals surface area contributed by atoms with Crippen LogP contribution in [-0.4, -0.2) is 16.9 Å². The molecule has 120 valence electrons. The van der Waals surface area contributed by atoms with E-state index in [0.717, 1.165) is 6.42 Å². The third-order valence-electron chi connectivity index (χ3n) is 4.59. The molecule has 1 aliphatic carbocycles. The monoisotopic (exact) mass is 328 g/mol. The lowest BCUT2D eigenvalue weighted by atomic mass is 9.92. The quantitative estimate of drug-likeness (QED) is 0.833. The number of benzene rings is 1. The van der Waals surface area contributed by atoms with Gasteiger partial charge < -0.3 is 5.32 Å². The Morgan fingerprint density at radius 1 is 1.17 bits per heavy atom. The fourth-order valence-electron chi connectivity index (χ4n) is 3.36. The van der Waals surface area contributed by atoms with E-state index in [9.17, 15) is 4.79 Å². The van der Waals surface area contributed by atoms with Gasteiger partial charge in [-0.1, -0.05) is 54.8 Å². The highest BCUT2D eigenvalue weighted by molar-refractivity contribution is 6.32. The second-order valence-electron chi connectivity index (χ2n) is 6.16. The molecule has 23 heavy (non-hydrogen) atoms. The molecule has 1 N–H and O–H groups in total. The summed E-state index contributed by atoms with van der Waals surface area (Å²) in [4.78, 5) is 16.6. The molecular formula is C19H21ClN2O. The van der Waals surface area contributed by atoms with E-state index in [1.54, 1.807) is 18.3 Å². The van der Waals surface area contributed by atoms with E-state index in [4.69, 9.17) is 11.6 Å². The van der Waals surface area contributed by atoms with E-state index in [1.807, 2.05) is 18.2 Å². The molecule has 0 radical (unpaired) electrons. The molecule has 0 bridgehead atoms. The molecule has 1 atom stereocenters. The number of rotatable bonds is 5. The number of pyridine rings is 1. The predicted octanol–water partition coefficient (Wildman–Crippen LogP) is 4.27. The molecule has 0 saturated heterocycles. The first-order chi connectivity index (χ1) is 11.2. The summed E-state index contributed by atoms with van der Waals surface area (Å²) in [6, 6.07) is 13.9. The number of aromatic nitrogens is 1. The molecule has 3 nitrogen and oxygen atoms in total. The number of halogens is 1. The van der Waals surface area contributed by atoms with Crippen LogP contribution in [0.5, 0.6) is 0 Å². The van der Waals surface area contributed by atoms with Crippen LogP contribution in [0.4, 0.5) is 0 Å². The highest BCUT2D eigenvalue weighted by Gasteiger charge is 2.27. The Hall–Kier alpha value is -1.87. The summed E-state index contributed by atoms with van der Waals surface area (Å²) in [7, 11) is 0. The van der Waals surface area contributed by atoms with Gasteiger partial charge in [-0.3, -0.25) is 4.79 Å². The molecule has 1 aromatic carbocycles. The summed E-state index contributed by atoms with van der Waals surface area (Å²) in [5.74, 6) is 0.408. The summed E-state index contributed by atoms with van der Waals surface area (Å²) < 4.78 is 0. The first-order valence-corrected chi connectivity index (χ1v) is 8.57. The standard InChI is InChI=1S/C19H21ClN2O/c20-18-16(11-6-12-21-18)19(23)22-17(15-9-4-5-10-15)13-14-7-2-1-3-8-14/h1-3,6-8,11-12,15,17H,4-5,9-10,13H2,(H,22,23). The number of nitrogens with zero attached hydrogens (tertiary/aromatic N) is 1. The molecule has 0 aliphatic heterocycles. The van der Waals surface area contributed by atoms with Gasteiger partial charge in [0.15, 0.2) is 0 Å². The normalized spacial score (nSPS) is 16.2. The summed E-state index contributed by atoms with van der Waals surface area (Å²) >= 11 is 6.05. The third kappa shape index (κ3) is 4.11. The van der Waals surface area contributed by atoms with Crippen LogP contribution in [-0.2, 0) is 6.42 Å². The minimum absolute atomic E-state index is 0.129.